The van der Waals surface area contributed by atoms with Gasteiger partial charge in [-0.05, 0) is 43.4 Å². The number of rotatable bonds is 10. The van der Waals surface area contributed by atoms with Crippen LogP contribution >= 0.6 is 0 Å². The molecule has 112 valence electrons. The van der Waals surface area contributed by atoms with Gasteiger partial charge in [0.1, 0.15) is 18.1 Å². The predicted octanol–water partition coefficient (Wildman–Crippen LogP) is 3.65. The molecule has 0 aliphatic heterocycles. The highest BCUT2D eigenvalue weighted by Gasteiger charge is 1.99. The molecule has 20 heavy (non-hydrogen) atoms. The average Bonchev–Trinajstić information content (AvgIpc) is 2.41. The van der Waals surface area contributed by atoms with E-state index in [0.717, 1.165) is 25.2 Å². The van der Waals surface area contributed by atoms with Gasteiger partial charge in [0, 0.05) is 13.0 Å². The molecule has 0 N–H and O–H groups in total. The minimum Gasteiger partial charge on any atom is -0.491 e. The molecule has 0 unspecified atom stereocenters. The van der Waals surface area contributed by atoms with Gasteiger partial charge in [-0.1, -0.05) is 26.0 Å². The van der Waals surface area contributed by atoms with E-state index in [9.17, 15) is 4.79 Å². The molecule has 0 fully saturated rings. The third-order valence-electron chi connectivity index (χ3n) is 3.03. The van der Waals surface area contributed by atoms with Crippen LogP contribution in [-0.2, 0) is 16.0 Å². The molecular weight excluding hydrogens is 252 g/mol. The van der Waals surface area contributed by atoms with Crippen molar-refractivity contribution in [1.29, 1.82) is 0 Å². The summed E-state index contributed by atoms with van der Waals surface area (Å²) in [5.74, 6) is 1.76. The van der Waals surface area contributed by atoms with Crippen LogP contribution in [0.2, 0.25) is 0 Å². The van der Waals surface area contributed by atoms with E-state index in [0.29, 0.717) is 25.6 Å². The van der Waals surface area contributed by atoms with Crippen LogP contribution in [0.3, 0.4) is 0 Å². The maximum atomic E-state index is 10.9. The molecule has 3 nitrogen and oxygen atoms in total. The summed E-state index contributed by atoms with van der Waals surface area (Å²) in [4.78, 5) is 10.9. The van der Waals surface area contributed by atoms with Crippen molar-refractivity contribution in [2.24, 2.45) is 5.92 Å². The number of hydrogen-bond acceptors (Lipinski definition) is 3. The highest BCUT2D eigenvalue weighted by atomic mass is 16.5. The second-order valence-corrected chi connectivity index (χ2v) is 5.49. The molecule has 0 saturated carbocycles. The van der Waals surface area contributed by atoms with Gasteiger partial charge in [0.25, 0.3) is 0 Å². The minimum absolute atomic E-state index is 0.226. The van der Waals surface area contributed by atoms with E-state index < -0.39 is 0 Å². The molecule has 1 aromatic rings. The van der Waals surface area contributed by atoms with Crippen LogP contribution < -0.4 is 4.74 Å². The number of ether oxygens (including phenoxy) is 2. The summed E-state index contributed by atoms with van der Waals surface area (Å²) in [5.41, 5.74) is 1.17. The van der Waals surface area contributed by atoms with Crippen LogP contribution in [0.4, 0.5) is 0 Å². The summed E-state index contributed by atoms with van der Waals surface area (Å²) in [6.07, 6.45) is 2.49. The maximum Gasteiger partial charge on any atom is 0.130 e. The standard InChI is InChI=1S/C17H26O3/c1-14(2)10-11-19-12-13-20-17-8-6-16(7-9-17)5-4-15(3)18/h6-9,14H,4-5,10-13H2,1-3H3. The van der Waals surface area contributed by atoms with Crippen molar-refractivity contribution >= 4 is 5.78 Å². The Labute approximate surface area is 122 Å². The highest BCUT2D eigenvalue weighted by molar-refractivity contribution is 5.75. The highest BCUT2D eigenvalue weighted by Crippen LogP contribution is 2.13. The first-order valence-electron chi connectivity index (χ1n) is 7.37. The van der Waals surface area contributed by atoms with Gasteiger partial charge in [-0.25, -0.2) is 0 Å². The van der Waals surface area contributed by atoms with Gasteiger partial charge in [-0.15, -0.1) is 0 Å². The maximum absolute atomic E-state index is 10.9. The first-order chi connectivity index (χ1) is 9.58. The molecule has 0 bridgehead atoms. The third kappa shape index (κ3) is 7.95. The van der Waals surface area contributed by atoms with Gasteiger partial charge < -0.3 is 14.3 Å². The summed E-state index contributed by atoms with van der Waals surface area (Å²) < 4.78 is 11.1. The van der Waals surface area contributed by atoms with Gasteiger partial charge in [-0.3, -0.25) is 0 Å². The molecule has 0 heterocycles. The average molecular weight is 278 g/mol. The van der Waals surface area contributed by atoms with Crippen molar-refractivity contribution in [3.8, 4) is 5.75 Å². The van der Waals surface area contributed by atoms with Gasteiger partial charge in [-0.2, -0.15) is 0 Å². The van der Waals surface area contributed by atoms with E-state index in [4.69, 9.17) is 9.47 Å². The Bertz CT molecular complexity index is 382. The van der Waals surface area contributed by atoms with Crippen LogP contribution in [-0.4, -0.2) is 25.6 Å². The molecule has 0 aromatic heterocycles. The molecule has 0 spiro atoms. The van der Waals surface area contributed by atoms with Gasteiger partial charge in [0.2, 0.25) is 0 Å². The van der Waals surface area contributed by atoms with Crippen LogP contribution in [0.15, 0.2) is 24.3 Å². The lowest BCUT2D eigenvalue weighted by Crippen LogP contribution is -2.08. The number of aryl methyl sites for hydroxylation is 1. The van der Waals surface area contributed by atoms with Gasteiger partial charge in [0.05, 0.1) is 6.61 Å². The zero-order valence-corrected chi connectivity index (χ0v) is 12.9. The minimum atomic E-state index is 0.226. The van der Waals surface area contributed by atoms with Crippen LogP contribution in [0.25, 0.3) is 0 Å². The molecule has 0 saturated heterocycles. The number of carbonyl (C=O) groups is 1. The van der Waals surface area contributed by atoms with Crippen LogP contribution in [0.5, 0.6) is 5.75 Å². The second kappa shape index (κ2) is 9.54. The summed E-state index contributed by atoms with van der Waals surface area (Å²) in [7, 11) is 0. The lowest BCUT2D eigenvalue weighted by molar-refractivity contribution is -0.116. The zero-order valence-electron chi connectivity index (χ0n) is 12.9. The quantitative estimate of drug-likeness (QED) is 0.613. The van der Waals surface area contributed by atoms with E-state index in [1.165, 1.54) is 5.56 Å². The molecule has 0 aliphatic rings. The van der Waals surface area contributed by atoms with Crippen LogP contribution in [0.1, 0.15) is 39.2 Å². The fourth-order valence-corrected chi connectivity index (χ4v) is 1.71. The SMILES string of the molecule is CC(=O)CCc1ccc(OCCOCCC(C)C)cc1. The number of Topliss-reactive ketones (excluding diaryl/α,β-unsaturated/α-hetero) is 1. The van der Waals surface area contributed by atoms with E-state index in [-0.39, 0.29) is 5.78 Å². The Morgan fingerprint density at radius 1 is 1.10 bits per heavy atom. The van der Waals surface area contributed by atoms with E-state index in [1.54, 1.807) is 6.92 Å². The Morgan fingerprint density at radius 2 is 1.80 bits per heavy atom. The molecule has 0 aliphatic carbocycles. The van der Waals surface area contributed by atoms with Gasteiger partial charge >= 0.3 is 0 Å². The molecular formula is C17H26O3. The summed E-state index contributed by atoms with van der Waals surface area (Å²) >= 11 is 0. The second-order valence-electron chi connectivity index (χ2n) is 5.49. The van der Waals surface area contributed by atoms with Crippen molar-refractivity contribution in [1.82, 2.24) is 0 Å². The molecule has 1 aromatic carbocycles. The molecule has 3 heteroatoms. The molecule has 0 amide bonds. The molecule has 0 atom stereocenters. The van der Waals surface area contributed by atoms with Crippen molar-refractivity contribution in [2.75, 3.05) is 19.8 Å². The Balaban J connectivity index is 2.16. The summed E-state index contributed by atoms with van der Waals surface area (Å²) in [6, 6.07) is 7.92. The van der Waals surface area contributed by atoms with Crippen molar-refractivity contribution in [3.63, 3.8) is 0 Å². The summed E-state index contributed by atoms with van der Waals surface area (Å²) in [6.45, 7) is 7.99. The predicted molar refractivity (Wildman–Crippen MR) is 81.2 cm³/mol. The lowest BCUT2D eigenvalue weighted by Gasteiger charge is -2.09. The zero-order chi connectivity index (χ0) is 14.8. The third-order valence-corrected chi connectivity index (χ3v) is 3.03. The Morgan fingerprint density at radius 3 is 2.40 bits per heavy atom. The van der Waals surface area contributed by atoms with Crippen molar-refractivity contribution < 1.29 is 14.3 Å². The fourth-order valence-electron chi connectivity index (χ4n) is 1.71. The van der Waals surface area contributed by atoms with E-state index >= 15 is 0 Å². The number of carbonyl (C=O) groups excluding carboxylic acids is 1. The molecule has 0 radical (unpaired) electrons. The first kappa shape index (κ1) is 16.7. The fraction of sp³-hybridized carbons (Fsp3) is 0.588. The number of ketones is 1. The summed E-state index contributed by atoms with van der Waals surface area (Å²) in [5, 5.41) is 0. The first-order valence-corrected chi connectivity index (χ1v) is 7.37. The number of hydrogen-bond donors (Lipinski definition) is 0. The number of benzene rings is 1. The molecule has 1 rings (SSSR count). The normalized spacial score (nSPS) is 10.8. The monoisotopic (exact) mass is 278 g/mol. The van der Waals surface area contributed by atoms with Crippen molar-refractivity contribution in [2.45, 2.75) is 40.0 Å². The Hall–Kier alpha value is -1.35. The topological polar surface area (TPSA) is 35.5 Å². The van der Waals surface area contributed by atoms with Gasteiger partial charge in [0.15, 0.2) is 0 Å². The van der Waals surface area contributed by atoms with E-state index in [1.807, 2.05) is 24.3 Å². The van der Waals surface area contributed by atoms with E-state index in [2.05, 4.69) is 13.8 Å². The van der Waals surface area contributed by atoms with Crippen molar-refractivity contribution in [3.05, 3.63) is 29.8 Å². The van der Waals surface area contributed by atoms with Crippen LogP contribution in [0, 0.1) is 5.92 Å². The lowest BCUT2D eigenvalue weighted by atomic mass is 10.1. The largest absolute Gasteiger partial charge is 0.491 e. The Kier molecular flexibility index (Phi) is 7.97. The smallest absolute Gasteiger partial charge is 0.130 e.